The first-order valence-electron chi connectivity index (χ1n) is 8.50. The number of hydrogen-bond donors (Lipinski definition) is 2. The van der Waals surface area contributed by atoms with E-state index in [2.05, 4.69) is 15.3 Å². The standard InChI is InChI=1S/C20H17F3N4O2/c1-29-13-8-6-12(7-9-13)10-26-19-17(18(24)28)25-11-16(27-19)14-4-2-3-5-15(14)20(21,22)23/h2-9,11H,10H2,1H3,(H2,24,28)(H,26,27). The predicted octanol–water partition coefficient (Wildman–Crippen LogP) is 3.88. The number of nitrogens with one attached hydrogen (secondary N) is 1. The average Bonchev–Trinajstić information content (AvgIpc) is 2.71. The molecule has 1 amide bonds. The number of alkyl halides is 3. The van der Waals surface area contributed by atoms with Crippen molar-refractivity contribution in [3.8, 4) is 17.0 Å². The molecule has 150 valence electrons. The van der Waals surface area contributed by atoms with Crippen LogP contribution in [0, 0.1) is 0 Å². The summed E-state index contributed by atoms with van der Waals surface area (Å²) in [5.74, 6) is -0.162. The maximum absolute atomic E-state index is 13.3. The van der Waals surface area contributed by atoms with Crippen LogP contribution in [0.2, 0.25) is 0 Å². The molecule has 6 nitrogen and oxygen atoms in total. The number of nitrogens with zero attached hydrogens (tertiary/aromatic N) is 2. The van der Waals surface area contributed by atoms with Gasteiger partial charge in [0.1, 0.15) is 5.75 Å². The van der Waals surface area contributed by atoms with Crippen LogP contribution in [0.1, 0.15) is 21.6 Å². The molecule has 3 rings (SSSR count). The molecule has 2 aromatic carbocycles. The van der Waals surface area contributed by atoms with E-state index in [1.54, 1.807) is 31.4 Å². The molecule has 0 aliphatic heterocycles. The topological polar surface area (TPSA) is 90.1 Å². The highest BCUT2D eigenvalue weighted by Gasteiger charge is 2.34. The van der Waals surface area contributed by atoms with Gasteiger partial charge in [0.2, 0.25) is 0 Å². The number of methoxy groups -OCH3 is 1. The number of aromatic nitrogens is 2. The first-order valence-corrected chi connectivity index (χ1v) is 8.50. The van der Waals surface area contributed by atoms with E-state index in [1.807, 2.05) is 0 Å². The van der Waals surface area contributed by atoms with Gasteiger partial charge in [-0.2, -0.15) is 13.2 Å². The number of carbonyl (C=O) groups excluding carboxylic acids is 1. The third-order valence-electron chi connectivity index (χ3n) is 4.13. The van der Waals surface area contributed by atoms with E-state index in [0.717, 1.165) is 17.8 Å². The van der Waals surface area contributed by atoms with Crippen molar-refractivity contribution < 1.29 is 22.7 Å². The molecule has 0 unspecified atom stereocenters. The molecule has 0 spiro atoms. The van der Waals surface area contributed by atoms with Gasteiger partial charge in [0.05, 0.1) is 24.6 Å². The van der Waals surface area contributed by atoms with E-state index in [1.165, 1.54) is 18.2 Å². The lowest BCUT2D eigenvalue weighted by Gasteiger charge is -2.14. The highest BCUT2D eigenvalue weighted by atomic mass is 19.4. The zero-order valence-corrected chi connectivity index (χ0v) is 15.3. The van der Waals surface area contributed by atoms with Crippen LogP contribution >= 0.6 is 0 Å². The lowest BCUT2D eigenvalue weighted by molar-refractivity contribution is -0.137. The van der Waals surface area contributed by atoms with Gasteiger partial charge in [-0.1, -0.05) is 30.3 Å². The second kappa shape index (κ2) is 8.17. The number of carbonyl (C=O) groups is 1. The molecule has 3 aromatic rings. The lowest BCUT2D eigenvalue weighted by Crippen LogP contribution is -2.18. The second-order valence-corrected chi connectivity index (χ2v) is 6.06. The van der Waals surface area contributed by atoms with Crippen LogP contribution in [0.5, 0.6) is 5.75 Å². The molecule has 0 aliphatic rings. The zero-order chi connectivity index (χ0) is 21.0. The van der Waals surface area contributed by atoms with Gasteiger partial charge in [-0.3, -0.25) is 4.79 Å². The minimum absolute atomic E-state index is 0.00259. The van der Waals surface area contributed by atoms with Gasteiger partial charge in [0.15, 0.2) is 11.5 Å². The summed E-state index contributed by atoms with van der Waals surface area (Å²) in [6.45, 7) is 0.253. The fourth-order valence-corrected chi connectivity index (χ4v) is 2.71. The van der Waals surface area contributed by atoms with Crippen molar-refractivity contribution in [3.63, 3.8) is 0 Å². The van der Waals surface area contributed by atoms with E-state index >= 15 is 0 Å². The first kappa shape index (κ1) is 20.1. The van der Waals surface area contributed by atoms with E-state index < -0.39 is 17.6 Å². The minimum atomic E-state index is -4.56. The van der Waals surface area contributed by atoms with Gasteiger partial charge in [0.25, 0.3) is 5.91 Å². The molecule has 0 atom stereocenters. The minimum Gasteiger partial charge on any atom is -0.497 e. The number of rotatable bonds is 6. The fourth-order valence-electron chi connectivity index (χ4n) is 2.71. The molecular weight excluding hydrogens is 385 g/mol. The first-order chi connectivity index (χ1) is 13.8. The molecule has 3 N–H and O–H groups in total. The molecule has 0 saturated carbocycles. The average molecular weight is 402 g/mol. The smallest absolute Gasteiger partial charge is 0.417 e. The zero-order valence-electron chi connectivity index (χ0n) is 15.3. The molecule has 0 aliphatic carbocycles. The van der Waals surface area contributed by atoms with E-state index in [4.69, 9.17) is 10.5 Å². The van der Waals surface area contributed by atoms with Crippen LogP contribution in [-0.2, 0) is 12.7 Å². The summed E-state index contributed by atoms with van der Waals surface area (Å²) >= 11 is 0. The summed E-state index contributed by atoms with van der Waals surface area (Å²) in [7, 11) is 1.55. The van der Waals surface area contributed by atoms with Gasteiger partial charge in [-0.25, -0.2) is 9.97 Å². The normalized spacial score (nSPS) is 11.2. The van der Waals surface area contributed by atoms with Crippen molar-refractivity contribution >= 4 is 11.7 Å². The molecule has 1 aromatic heterocycles. The van der Waals surface area contributed by atoms with E-state index in [9.17, 15) is 18.0 Å². The summed E-state index contributed by atoms with van der Waals surface area (Å²) in [5, 5.41) is 2.92. The molecule has 0 bridgehead atoms. The Labute approximate surface area is 164 Å². The Morgan fingerprint density at radius 1 is 1.14 bits per heavy atom. The summed E-state index contributed by atoms with van der Waals surface area (Å²) in [6, 6.07) is 12.1. The van der Waals surface area contributed by atoms with Crippen LogP contribution in [0.25, 0.3) is 11.3 Å². The number of amides is 1. The molecular formula is C20H17F3N4O2. The Bertz CT molecular complexity index is 1020. The summed E-state index contributed by atoms with van der Waals surface area (Å²) in [4.78, 5) is 19.8. The molecule has 9 heteroatoms. The van der Waals surface area contributed by atoms with Gasteiger partial charge >= 0.3 is 6.18 Å². The van der Waals surface area contributed by atoms with Crippen molar-refractivity contribution in [3.05, 3.63) is 71.5 Å². The largest absolute Gasteiger partial charge is 0.497 e. The second-order valence-electron chi connectivity index (χ2n) is 6.06. The maximum Gasteiger partial charge on any atom is 0.417 e. The lowest BCUT2D eigenvalue weighted by atomic mass is 10.0. The Hall–Kier alpha value is -3.62. The monoisotopic (exact) mass is 402 g/mol. The predicted molar refractivity (Wildman–Crippen MR) is 101 cm³/mol. The van der Waals surface area contributed by atoms with Crippen LogP contribution in [0.15, 0.2) is 54.7 Å². The highest BCUT2D eigenvalue weighted by molar-refractivity contribution is 5.95. The van der Waals surface area contributed by atoms with Crippen LogP contribution in [0.4, 0.5) is 19.0 Å². The van der Waals surface area contributed by atoms with Crippen LogP contribution < -0.4 is 15.8 Å². The number of benzene rings is 2. The van der Waals surface area contributed by atoms with Crippen LogP contribution in [0.3, 0.4) is 0 Å². The Morgan fingerprint density at radius 2 is 1.83 bits per heavy atom. The Balaban J connectivity index is 1.95. The maximum atomic E-state index is 13.3. The third kappa shape index (κ3) is 4.63. The highest BCUT2D eigenvalue weighted by Crippen LogP contribution is 2.36. The Kier molecular flexibility index (Phi) is 5.67. The Morgan fingerprint density at radius 3 is 2.45 bits per heavy atom. The summed E-state index contributed by atoms with van der Waals surface area (Å²) in [6.07, 6.45) is -3.46. The van der Waals surface area contributed by atoms with Gasteiger partial charge in [0, 0.05) is 12.1 Å². The number of halogens is 3. The van der Waals surface area contributed by atoms with Gasteiger partial charge < -0.3 is 15.8 Å². The molecule has 1 heterocycles. The van der Waals surface area contributed by atoms with Crippen LogP contribution in [-0.4, -0.2) is 23.0 Å². The SMILES string of the molecule is COc1ccc(CNc2nc(-c3ccccc3C(F)(F)F)cnc2C(N)=O)cc1. The molecule has 0 saturated heterocycles. The van der Waals surface area contributed by atoms with Gasteiger partial charge in [-0.15, -0.1) is 0 Å². The van der Waals surface area contributed by atoms with E-state index in [0.29, 0.717) is 5.75 Å². The number of ether oxygens (including phenoxy) is 1. The number of nitrogens with two attached hydrogens (primary N) is 1. The summed E-state index contributed by atoms with van der Waals surface area (Å²) in [5.41, 5.74) is 4.99. The van der Waals surface area contributed by atoms with E-state index in [-0.39, 0.29) is 29.3 Å². The van der Waals surface area contributed by atoms with Gasteiger partial charge in [-0.05, 0) is 23.8 Å². The molecule has 0 radical (unpaired) electrons. The van der Waals surface area contributed by atoms with Crippen molar-refractivity contribution in [1.82, 2.24) is 9.97 Å². The summed E-state index contributed by atoms with van der Waals surface area (Å²) < 4.78 is 45.1. The quantitative estimate of drug-likeness (QED) is 0.653. The number of primary amides is 1. The molecule has 0 fully saturated rings. The van der Waals surface area contributed by atoms with Crippen molar-refractivity contribution in [2.24, 2.45) is 5.73 Å². The van der Waals surface area contributed by atoms with Crippen molar-refractivity contribution in [1.29, 1.82) is 0 Å². The molecule has 29 heavy (non-hydrogen) atoms. The number of hydrogen-bond acceptors (Lipinski definition) is 5. The fraction of sp³-hybridized carbons (Fsp3) is 0.150. The van der Waals surface area contributed by atoms with Crippen molar-refractivity contribution in [2.45, 2.75) is 12.7 Å². The third-order valence-corrected chi connectivity index (χ3v) is 4.13. The number of anilines is 1. The van der Waals surface area contributed by atoms with Crippen molar-refractivity contribution in [2.75, 3.05) is 12.4 Å².